The first-order valence-electron chi connectivity index (χ1n) is 5.68. The van der Waals surface area contributed by atoms with E-state index in [2.05, 4.69) is 9.88 Å². The van der Waals surface area contributed by atoms with Gasteiger partial charge < -0.3 is 0 Å². The number of halogens is 2. The van der Waals surface area contributed by atoms with Crippen molar-refractivity contribution in [1.82, 2.24) is 9.88 Å². The summed E-state index contributed by atoms with van der Waals surface area (Å²) in [6.45, 7) is 1.45. The third-order valence-electron chi connectivity index (χ3n) is 2.57. The predicted molar refractivity (Wildman–Crippen MR) is 70.8 cm³/mol. The smallest absolute Gasteiger partial charge is 0.129 e. The van der Waals surface area contributed by atoms with Crippen molar-refractivity contribution < 1.29 is 4.39 Å². The van der Waals surface area contributed by atoms with Gasteiger partial charge in [0.2, 0.25) is 0 Å². The van der Waals surface area contributed by atoms with Crippen LogP contribution in [0, 0.1) is 5.82 Å². The summed E-state index contributed by atoms with van der Waals surface area (Å²) < 4.78 is 12.8. The first kappa shape index (κ1) is 13.0. The summed E-state index contributed by atoms with van der Waals surface area (Å²) >= 11 is 5.83. The van der Waals surface area contributed by atoms with Gasteiger partial charge in [-0.15, -0.1) is 0 Å². The SMILES string of the molecule is CN(Cc1ccc(F)cc1)Cc1cccc(Cl)n1. The molecular formula is C14H14ClFN2. The lowest BCUT2D eigenvalue weighted by Crippen LogP contribution is -2.17. The fraction of sp³-hybridized carbons (Fsp3) is 0.214. The predicted octanol–water partition coefficient (Wildman–Crippen LogP) is 3.51. The summed E-state index contributed by atoms with van der Waals surface area (Å²) in [6, 6.07) is 12.1. The van der Waals surface area contributed by atoms with Gasteiger partial charge in [-0.1, -0.05) is 29.8 Å². The van der Waals surface area contributed by atoms with Gasteiger partial charge in [0.1, 0.15) is 11.0 Å². The molecule has 0 N–H and O–H groups in total. The van der Waals surface area contributed by atoms with Crippen molar-refractivity contribution >= 4 is 11.6 Å². The molecule has 0 aliphatic heterocycles. The van der Waals surface area contributed by atoms with Crippen molar-refractivity contribution in [3.63, 3.8) is 0 Å². The first-order chi connectivity index (χ1) is 8.63. The summed E-state index contributed by atoms with van der Waals surface area (Å²) in [6.07, 6.45) is 0. The Hall–Kier alpha value is -1.45. The zero-order valence-electron chi connectivity index (χ0n) is 10.1. The van der Waals surface area contributed by atoms with Crippen LogP contribution in [0.3, 0.4) is 0 Å². The molecule has 2 aromatic rings. The highest BCUT2D eigenvalue weighted by Crippen LogP contribution is 2.10. The average molecular weight is 265 g/mol. The van der Waals surface area contributed by atoms with Gasteiger partial charge in [-0.25, -0.2) is 9.37 Å². The van der Waals surface area contributed by atoms with E-state index in [1.165, 1.54) is 12.1 Å². The van der Waals surface area contributed by atoms with E-state index in [-0.39, 0.29) is 5.82 Å². The normalized spacial score (nSPS) is 10.9. The van der Waals surface area contributed by atoms with Crippen molar-refractivity contribution in [2.75, 3.05) is 7.05 Å². The Morgan fingerprint density at radius 2 is 1.83 bits per heavy atom. The molecule has 0 saturated heterocycles. The van der Waals surface area contributed by atoms with Gasteiger partial charge in [0.15, 0.2) is 0 Å². The molecule has 0 bridgehead atoms. The van der Waals surface area contributed by atoms with Crippen LogP contribution in [0.5, 0.6) is 0 Å². The molecule has 0 aliphatic rings. The second-order valence-electron chi connectivity index (χ2n) is 4.25. The highest BCUT2D eigenvalue weighted by molar-refractivity contribution is 6.29. The number of pyridine rings is 1. The van der Waals surface area contributed by atoms with E-state index in [4.69, 9.17) is 11.6 Å². The van der Waals surface area contributed by atoms with E-state index < -0.39 is 0 Å². The van der Waals surface area contributed by atoms with Crippen LogP contribution in [0.25, 0.3) is 0 Å². The summed E-state index contributed by atoms with van der Waals surface area (Å²) in [5.41, 5.74) is 1.99. The molecule has 0 unspecified atom stereocenters. The van der Waals surface area contributed by atoms with Gasteiger partial charge in [-0.05, 0) is 36.9 Å². The summed E-state index contributed by atoms with van der Waals surface area (Å²) in [5, 5.41) is 0.502. The summed E-state index contributed by atoms with van der Waals surface area (Å²) in [4.78, 5) is 6.34. The molecule has 94 valence electrons. The van der Waals surface area contributed by atoms with E-state index in [9.17, 15) is 4.39 Å². The Bertz CT molecular complexity index is 513. The standard InChI is InChI=1S/C14H14ClFN2/c1-18(9-11-5-7-12(16)8-6-11)10-13-3-2-4-14(15)17-13/h2-8H,9-10H2,1H3. The second-order valence-corrected chi connectivity index (χ2v) is 4.64. The molecule has 18 heavy (non-hydrogen) atoms. The van der Waals surface area contributed by atoms with Crippen molar-refractivity contribution in [1.29, 1.82) is 0 Å². The molecule has 0 radical (unpaired) electrons. The van der Waals surface area contributed by atoms with Gasteiger partial charge in [-0.3, -0.25) is 4.90 Å². The number of hydrogen-bond acceptors (Lipinski definition) is 2. The molecule has 1 aromatic carbocycles. The monoisotopic (exact) mass is 264 g/mol. The number of nitrogens with zero attached hydrogens (tertiary/aromatic N) is 2. The van der Waals surface area contributed by atoms with E-state index in [0.29, 0.717) is 11.7 Å². The zero-order chi connectivity index (χ0) is 13.0. The van der Waals surface area contributed by atoms with E-state index in [0.717, 1.165) is 17.8 Å². The minimum absolute atomic E-state index is 0.210. The van der Waals surface area contributed by atoms with Gasteiger partial charge >= 0.3 is 0 Å². The summed E-state index contributed by atoms with van der Waals surface area (Å²) in [7, 11) is 1.99. The maximum Gasteiger partial charge on any atom is 0.129 e. The molecule has 0 saturated carbocycles. The lowest BCUT2D eigenvalue weighted by Gasteiger charge is -2.16. The van der Waals surface area contributed by atoms with Crippen molar-refractivity contribution in [3.8, 4) is 0 Å². The van der Waals surface area contributed by atoms with Crippen molar-refractivity contribution in [2.24, 2.45) is 0 Å². The van der Waals surface area contributed by atoms with Crippen molar-refractivity contribution in [3.05, 3.63) is 64.7 Å². The molecule has 0 aliphatic carbocycles. The molecule has 0 amide bonds. The van der Waals surface area contributed by atoms with Gasteiger partial charge in [0, 0.05) is 13.1 Å². The Morgan fingerprint density at radius 3 is 2.50 bits per heavy atom. The van der Waals surface area contributed by atoms with Gasteiger partial charge in [0.05, 0.1) is 5.69 Å². The number of aromatic nitrogens is 1. The lowest BCUT2D eigenvalue weighted by atomic mass is 10.2. The topological polar surface area (TPSA) is 16.1 Å². The average Bonchev–Trinajstić information content (AvgIpc) is 2.32. The molecular weight excluding hydrogens is 251 g/mol. The third kappa shape index (κ3) is 3.79. The number of rotatable bonds is 4. The van der Waals surface area contributed by atoms with Crippen LogP contribution in [-0.4, -0.2) is 16.9 Å². The molecule has 2 nitrogen and oxygen atoms in total. The number of benzene rings is 1. The van der Waals surface area contributed by atoms with Crippen LogP contribution < -0.4 is 0 Å². The van der Waals surface area contributed by atoms with Crippen LogP contribution in [0.15, 0.2) is 42.5 Å². The molecule has 4 heteroatoms. The second kappa shape index (κ2) is 5.94. The molecule has 2 rings (SSSR count). The van der Waals surface area contributed by atoms with Gasteiger partial charge in [0.25, 0.3) is 0 Å². The first-order valence-corrected chi connectivity index (χ1v) is 6.06. The molecule has 0 spiro atoms. The molecule has 0 fully saturated rings. The molecule has 1 aromatic heterocycles. The maximum absolute atomic E-state index is 12.8. The fourth-order valence-corrected chi connectivity index (χ4v) is 1.95. The lowest BCUT2D eigenvalue weighted by molar-refractivity contribution is 0.315. The maximum atomic E-state index is 12.8. The fourth-order valence-electron chi connectivity index (χ4n) is 1.77. The van der Waals surface area contributed by atoms with Crippen LogP contribution in [-0.2, 0) is 13.1 Å². The zero-order valence-corrected chi connectivity index (χ0v) is 10.9. The highest BCUT2D eigenvalue weighted by atomic mass is 35.5. The largest absolute Gasteiger partial charge is 0.296 e. The highest BCUT2D eigenvalue weighted by Gasteiger charge is 2.03. The van der Waals surface area contributed by atoms with Crippen LogP contribution in [0.2, 0.25) is 5.15 Å². The number of hydrogen-bond donors (Lipinski definition) is 0. The third-order valence-corrected chi connectivity index (χ3v) is 2.78. The molecule has 0 atom stereocenters. The minimum Gasteiger partial charge on any atom is -0.296 e. The molecule has 1 heterocycles. The van der Waals surface area contributed by atoms with Crippen LogP contribution in [0.4, 0.5) is 4.39 Å². The van der Waals surface area contributed by atoms with E-state index >= 15 is 0 Å². The summed E-state index contributed by atoms with van der Waals surface area (Å²) in [5.74, 6) is -0.210. The Labute approximate surface area is 111 Å². The Morgan fingerprint density at radius 1 is 1.11 bits per heavy atom. The van der Waals surface area contributed by atoms with E-state index in [1.807, 2.05) is 19.2 Å². The Balaban J connectivity index is 1.96. The quantitative estimate of drug-likeness (QED) is 0.786. The minimum atomic E-state index is -0.210. The van der Waals surface area contributed by atoms with Crippen LogP contribution in [0.1, 0.15) is 11.3 Å². The van der Waals surface area contributed by atoms with Crippen molar-refractivity contribution in [2.45, 2.75) is 13.1 Å². The van der Waals surface area contributed by atoms with E-state index in [1.54, 1.807) is 18.2 Å². The van der Waals surface area contributed by atoms with Gasteiger partial charge in [-0.2, -0.15) is 0 Å². The Kier molecular flexibility index (Phi) is 4.28. The van der Waals surface area contributed by atoms with Crippen LogP contribution >= 0.6 is 11.6 Å².